The Hall–Kier alpha value is -0.870. The molecule has 0 aliphatic carbocycles. The fourth-order valence-electron chi connectivity index (χ4n) is 1.61. The van der Waals surface area contributed by atoms with Crippen molar-refractivity contribution in [3.05, 3.63) is 18.2 Å². The molecule has 0 saturated heterocycles. The SMILES string of the molecule is CCOCCCc1[nH]cc[n+]1CCOCC. The number of aryl methyl sites for hydroxylation is 1. The van der Waals surface area contributed by atoms with Crippen molar-refractivity contribution in [1.29, 1.82) is 0 Å². The number of aromatic amines is 1. The minimum atomic E-state index is 0.775. The monoisotopic (exact) mass is 227 g/mol. The van der Waals surface area contributed by atoms with Gasteiger partial charge >= 0.3 is 0 Å². The van der Waals surface area contributed by atoms with Gasteiger partial charge in [0.15, 0.2) is 0 Å². The molecular formula is C12H23N2O2+. The highest BCUT2D eigenvalue weighted by Crippen LogP contribution is 1.94. The van der Waals surface area contributed by atoms with E-state index in [2.05, 4.69) is 15.7 Å². The summed E-state index contributed by atoms with van der Waals surface area (Å²) in [6.45, 7) is 8.15. The fraction of sp³-hybridized carbons (Fsp3) is 0.750. The minimum Gasteiger partial charge on any atom is -0.382 e. The molecule has 0 bridgehead atoms. The fourth-order valence-corrected chi connectivity index (χ4v) is 1.61. The first-order chi connectivity index (χ1) is 7.88. The van der Waals surface area contributed by atoms with Crippen LogP contribution < -0.4 is 4.57 Å². The van der Waals surface area contributed by atoms with E-state index in [1.165, 1.54) is 5.82 Å². The van der Waals surface area contributed by atoms with E-state index in [4.69, 9.17) is 9.47 Å². The summed E-state index contributed by atoms with van der Waals surface area (Å²) in [6.07, 6.45) is 6.12. The molecule has 0 amide bonds. The normalized spacial score (nSPS) is 10.9. The van der Waals surface area contributed by atoms with Crippen LogP contribution in [0.25, 0.3) is 0 Å². The van der Waals surface area contributed by atoms with Gasteiger partial charge < -0.3 is 9.47 Å². The second-order valence-electron chi connectivity index (χ2n) is 3.60. The number of hydrogen-bond donors (Lipinski definition) is 1. The van der Waals surface area contributed by atoms with Crippen LogP contribution in [-0.4, -0.2) is 31.4 Å². The summed E-state index contributed by atoms with van der Waals surface area (Å²) in [5.74, 6) is 1.25. The molecule has 0 unspecified atom stereocenters. The van der Waals surface area contributed by atoms with Crippen LogP contribution in [0.4, 0.5) is 0 Å². The minimum absolute atomic E-state index is 0.775. The van der Waals surface area contributed by atoms with Gasteiger partial charge in [-0.1, -0.05) is 0 Å². The molecule has 0 radical (unpaired) electrons. The summed E-state index contributed by atoms with van der Waals surface area (Å²) >= 11 is 0. The van der Waals surface area contributed by atoms with Crippen molar-refractivity contribution in [3.63, 3.8) is 0 Å². The van der Waals surface area contributed by atoms with Crippen LogP contribution in [0.3, 0.4) is 0 Å². The molecule has 0 aliphatic rings. The Kier molecular flexibility index (Phi) is 6.85. The number of hydrogen-bond acceptors (Lipinski definition) is 2. The third-order valence-electron chi connectivity index (χ3n) is 2.44. The zero-order valence-electron chi connectivity index (χ0n) is 10.4. The van der Waals surface area contributed by atoms with Crippen LogP contribution >= 0.6 is 0 Å². The van der Waals surface area contributed by atoms with Gasteiger partial charge in [-0.25, -0.2) is 9.55 Å². The van der Waals surface area contributed by atoms with Gasteiger partial charge in [-0.15, -0.1) is 0 Å². The van der Waals surface area contributed by atoms with Crippen LogP contribution in [0.1, 0.15) is 26.1 Å². The topological polar surface area (TPSA) is 38.1 Å². The highest BCUT2D eigenvalue weighted by molar-refractivity contribution is 4.77. The van der Waals surface area contributed by atoms with Gasteiger partial charge in [-0.05, 0) is 20.3 Å². The maximum absolute atomic E-state index is 5.35. The van der Waals surface area contributed by atoms with Gasteiger partial charge in [0.1, 0.15) is 18.9 Å². The predicted molar refractivity (Wildman–Crippen MR) is 62.3 cm³/mol. The molecule has 4 nitrogen and oxygen atoms in total. The summed E-state index contributed by atoms with van der Waals surface area (Å²) in [5.41, 5.74) is 0. The number of H-pyrrole nitrogens is 1. The summed E-state index contributed by atoms with van der Waals surface area (Å²) in [5, 5.41) is 0. The first kappa shape index (κ1) is 13.2. The van der Waals surface area contributed by atoms with E-state index < -0.39 is 0 Å². The van der Waals surface area contributed by atoms with Crippen molar-refractivity contribution >= 4 is 0 Å². The third kappa shape index (κ3) is 4.77. The summed E-state index contributed by atoms with van der Waals surface area (Å²) < 4.78 is 12.9. The van der Waals surface area contributed by atoms with Crippen LogP contribution in [0.5, 0.6) is 0 Å². The van der Waals surface area contributed by atoms with Crippen molar-refractivity contribution in [2.75, 3.05) is 26.4 Å². The maximum Gasteiger partial charge on any atom is 0.254 e. The highest BCUT2D eigenvalue weighted by atomic mass is 16.5. The molecule has 4 heteroatoms. The predicted octanol–water partition coefficient (Wildman–Crippen LogP) is 1.31. The number of aromatic nitrogens is 2. The van der Waals surface area contributed by atoms with Gasteiger partial charge in [0.25, 0.3) is 5.82 Å². The van der Waals surface area contributed by atoms with Gasteiger partial charge in [-0.3, -0.25) is 0 Å². The second kappa shape index (κ2) is 8.30. The molecule has 1 aromatic heterocycles. The standard InChI is InChI=1S/C12H22N2O2/c1-3-15-10-5-6-12-13-7-8-14(12)9-11-16-4-2/h7-8H,3-6,9-11H2,1-2H3/p+1. The maximum atomic E-state index is 5.35. The summed E-state index contributed by atoms with van der Waals surface area (Å²) in [4.78, 5) is 3.26. The van der Waals surface area contributed by atoms with E-state index in [1.807, 2.05) is 20.0 Å². The molecule has 0 aliphatic heterocycles. The Morgan fingerprint density at radius 2 is 1.94 bits per heavy atom. The molecule has 0 saturated carbocycles. The molecule has 0 atom stereocenters. The quantitative estimate of drug-likeness (QED) is 0.510. The molecule has 92 valence electrons. The van der Waals surface area contributed by atoms with Crippen LogP contribution in [0, 0.1) is 0 Å². The lowest BCUT2D eigenvalue weighted by atomic mass is 10.3. The van der Waals surface area contributed by atoms with Crippen molar-refractivity contribution in [2.24, 2.45) is 0 Å². The second-order valence-corrected chi connectivity index (χ2v) is 3.60. The smallest absolute Gasteiger partial charge is 0.254 e. The molecule has 1 heterocycles. The van der Waals surface area contributed by atoms with Crippen molar-refractivity contribution in [2.45, 2.75) is 33.2 Å². The average molecular weight is 227 g/mol. The Morgan fingerprint density at radius 1 is 1.19 bits per heavy atom. The molecule has 0 spiro atoms. The molecule has 0 aromatic carbocycles. The molecule has 1 aromatic rings. The van der Waals surface area contributed by atoms with Crippen molar-refractivity contribution in [3.8, 4) is 0 Å². The zero-order valence-corrected chi connectivity index (χ0v) is 10.4. The molecular weight excluding hydrogens is 204 g/mol. The van der Waals surface area contributed by atoms with Gasteiger partial charge in [0, 0.05) is 19.8 Å². The number of nitrogens with one attached hydrogen (secondary N) is 1. The van der Waals surface area contributed by atoms with E-state index >= 15 is 0 Å². The molecule has 1 N–H and O–H groups in total. The van der Waals surface area contributed by atoms with Gasteiger partial charge in [0.05, 0.1) is 13.0 Å². The number of imidazole rings is 1. The average Bonchev–Trinajstić information content (AvgIpc) is 2.73. The lowest BCUT2D eigenvalue weighted by Gasteiger charge is -2.02. The molecule has 0 fully saturated rings. The Bertz CT molecular complexity index is 274. The number of ether oxygens (including phenoxy) is 2. The zero-order chi connectivity index (χ0) is 11.6. The lowest BCUT2D eigenvalue weighted by molar-refractivity contribution is -0.704. The summed E-state index contributed by atoms with van der Waals surface area (Å²) in [6, 6.07) is 0. The first-order valence-electron chi connectivity index (χ1n) is 6.09. The van der Waals surface area contributed by atoms with Crippen molar-refractivity contribution in [1.82, 2.24) is 4.98 Å². The van der Waals surface area contributed by atoms with E-state index in [1.54, 1.807) is 0 Å². The number of rotatable bonds is 9. The number of nitrogens with zero attached hydrogens (tertiary/aromatic N) is 1. The lowest BCUT2D eigenvalue weighted by Crippen LogP contribution is -2.38. The van der Waals surface area contributed by atoms with E-state index in [9.17, 15) is 0 Å². The van der Waals surface area contributed by atoms with Crippen LogP contribution in [-0.2, 0) is 22.4 Å². The van der Waals surface area contributed by atoms with E-state index in [-0.39, 0.29) is 0 Å². The van der Waals surface area contributed by atoms with Gasteiger partial charge in [-0.2, -0.15) is 0 Å². The van der Waals surface area contributed by atoms with E-state index in [0.29, 0.717) is 0 Å². The Balaban J connectivity index is 2.26. The molecule has 1 rings (SSSR count). The van der Waals surface area contributed by atoms with E-state index in [0.717, 1.165) is 45.8 Å². The Labute approximate surface area is 97.6 Å². The van der Waals surface area contributed by atoms with Crippen molar-refractivity contribution < 1.29 is 14.0 Å². The van der Waals surface area contributed by atoms with Crippen LogP contribution in [0.15, 0.2) is 12.4 Å². The Morgan fingerprint density at radius 3 is 2.69 bits per heavy atom. The largest absolute Gasteiger partial charge is 0.382 e. The third-order valence-corrected chi connectivity index (χ3v) is 2.44. The summed E-state index contributed by atoms with van der Waals surface area (Å²) in [7, 11) is 0. The van der Waals surface area contributed by atoms with Gasteiger partial charge in [0.2, 0.25) is 0 Å². The first-order valence-corrected chi connectivity index (χ1v) is 6.09. The highest BCUT2D eigenvalue weighted by Gasteiger charge is 2.09. The molecule has 16 heavy (non-hydrogen) atoms. The van der Waals surface area contributed by atoms with Crippen LogP contribution in [0.2, 0.25) is 0 Å².